The Bertz CT molecular complexity index is 1050. The number of rotatable bonds is 7. The van der Waals surface area contributed by atoms with E-state index in [1.807, 2.05) is 28.5 Å². The van der Waals surface area contributed by atoms with Crippen molar-refractivity contribution in [2.75, 3.05) is 27.3 Å². The van der Waals surface area contributed by atoms with Gasteiger partial charge in [-0.15, -0.1) is 11.3 Å². The topological polar surface area (TPSA) is 51.7 Å². The zero-order valence-electron chi connectivity index (χ0n) is 19.0. The van der Waals surface area contributed by atoms with Gasteiger partial charge in [-0.05, 0) is 56.2 Å². The van der Waals surface area contributed by atoms with E-state index in [0.29, 0.717) is 23.1 Å². The van der Waals surface area contributed by atoms with Crippen molar-refractivity contribution >= 4 is 17.2 Å². The Kier molecular flexibility index (Phi) is 7.10. The number of aryl methyl sites for hydroxylation is 2. The summed E-state index contributed by atoms with van der Waals surface area (Å²) in [4.78, 5) is 19.6. The Labute approximate surface area is 194 Å². The number of carbonyl (C=O) groups excluding carboxylic acids is 1. The van der Waals surface area contributed by atoms with Crippen molar-refractivity contribution < 1.29 is 14.3 Å². The molecular formula is C26H30N2O3S. The average molecular weight is 451 g/mol. The molecular weight excluding hydrogens is 420 g/mol. The summed E-state index contributed by atoms with van der Waals surface area (Å²) in [5.74, 6) is 1.98. The maximum absolute atomic E-state index is 13.1. The van der Waals surface area contributed by atoms with Crippen LogP contribution in [0.3, 0.4) is 0 Å². The van der Waals surface area contributed by atoms with Crippen LogP contribution in [0.1, 0.15) is 40.9 Å². The van der Waals surface area contributed by atoms with E-state index in [4.69, 9.17) is 9.47 Å². The highest BCUT2D eigenvalue weighted by atomic mass is 32.1. The molecule has 1 fully saturated rings. The van der Waals surface area contributed by atoms with Crippen molar-refractivity contribution in [2.45, 2.75) is 32.6 Å². The first-order chi connectivity index (χ1) is 15.6. The Morgan fingerprint density at radius 2 is 1.84 bits per heavy atom. The number of thiazole rings is 1. The van der Waals surface area contributed by atoms with Gasteiger partial charge in [0.25, 0.3) is 5.91 Å². The standard InChI is InChI=1S/C26H30N2O3S/c1-18-7-9-19(10-8-18)11-12-20-13-15-28(16-14-20)26(29)22-17-32-25(27-22)21-5-4-6-23(30-2)24(21)31-3/h4-10,17,20H,11-16H2,1-3H3. The number of nitrogens with zero attached hydrogens (tertiary/aromatic N) is 2. The molecule has 2 aromatic carbocycles. The Morgan fingerprint density at radius 1 is 1.09 bits per heavy atom. The van der Waals surface area contributed by atoms with Gasteiger partial charge in [-0.1, -0.05) is 35.9 Å². The number of benzene rings is 2. The minimum absolute atomic E-state index is 0.0198. The fourth-order valence-electron chi connectivity index (χ4n) is 4.26. The molecule has 1 amide bonds. The number of para-hydroxylation sites is 1. The first-order valence-corrected chi connectivity index (χ1v) is 12.0. The van der Waals surface area contributed by atoms with Gasteiger partial charge < -0.3 is 14.4 Å². The van der Waals surface area contributed by atoms with Crippen LogP contribution in [0.4, 0.5) is 0 Å². The molecule has 0 atom stereocenters. The van der Waals surface area contributed by atoms with Crippen LogP contribution in [0.15, 0.2) is 47.8 Å². The molecule has 1 aromatic heterocycles. The molecule has 32 heavy (non-hydrogen) atoms. The zero-order valence-corrected chi connectivity index (χ0v) is 19.8. The van der Waals surface area contributed by atoms with Gasteiger partial charge in [0.1, 0.15) is 10.7 Å². The van der Waals surface area contributed by atoms with E-state index in [1.54, 1.807) is 14.2 Å². The molecule has 6 heteroatoms. The third-order valence-corrected chi connectivity index (χ3v) is 7.10. The van der Waals surface area contributed by atoms with Gasteiger partial charge >= 0.3 is 0 Å². The van der Waals surface area contributed by atoms with E-state index in [2.05, 4.69) is 36.2 Å². The lowest BCUT2D eigenvalue weighted by Crippen LogP contribution is -2.38. The number of methoxy groups -OCH3 is 2. The van der Waals surface area contributed by atoms with Crippen LogP contribution in [0.2, 0.25) is 0 Å². The Morgan fingerprint density at radius 3 is 2.53 bits per heavy atom. The second-order valence-electron chi connectivity index (χ2n) is 8.34. The fraction of sp³-hybridized carbons (Fsp3) is 0.385. The zero-order chi connectivity index (χ0) is 22.5. The predicted octanol–water partition coefficient (Wildman–Crippen LogP) is 5.62. The van der Waals surface area contributed by atoms with Crippen LogP contribution in [0.5, 0.6) is 11.5 Å². The van der Waals surface area contributed by atoms with E-state index in [-0.39, 0.29) is 5.91 Å². The van der Waals surface area contributed by atoms with Crippen molar-refractivity contribution in [3.05, 3.63) is 64.7 Å². The van der Waals surface area contributed by atoms with E-state index in [0.717, 1.165) is 42.9 Å². The van der Waals surface area contributed by atoms with E-state index >= 15 is 0 Å². The van der Waals surface area contributed by atoms with Gasteiger partial charge in [0.2, 0.25) is 0 Å². The molecule has 0 bridgehead atoms. The van der Waals surface area contributed by atoms with Gasteiger partial charge in [0.15, 0.2) is 11.5 Å². The largest absolute Gasteiger partial charge is 0.493 e. The van der Waals surface area contributed by atoms with Crippen LogP contribution >= 0.6 is 11.3 Å². The van der Waals surface area contributed by atoms with Crippen LogP contribution in [-0.2, 0) is 6.42 Å². The first-order valence-electron chi connectivity index (χ1n) is 11.1. The number of hydrogen-bond acceptors (Lipinski definition) is 5. The van der Waals surface area contributed by atoms with Gasteiger partial charge in [0, 0.05) is 18.5 Å². The minimum atomic E-state index is 0.0198. The number of carbonyl (C=O) groups is 1. The minimum Gasteiger partial charge on any atom is -0.493 e. The molecule has 5 nitrogen and oxygen atoms in total. The maximum Gasteiger partial charge on any atom is 0.273 e. The van der Waals surface area contributed by atoms with Gasteiger partial charge in [-0.2, -0.15) is 0 Å². The van der Waals surface area contributed by atoms with Gasteiger partial charge in [0.05, 0.1) is 19.8 Å². The van der Waals surface area contributed by atoms with E-state index < -0.39 is 0 Å². The van der Waals surface area contributed by atoms with Crippen molar-refractivity contribution in [1.29, 1.82) is 0 Å². The van der Waals surface area contributed by atoms with Crippen molar-refractivity contribution in [3.63, 3.8) is 0 Å². The van der Waals surface area contributed by atoms with Crippen molar-refractivity contribution in [3.8, 4) is 22.1 Å². The summed E-state index contributed by atoms with van der Waals surface area (Å²) in [6, 6.07) is 14.5. The lowest BCUT2D eigenvalue weighted by molar-refractivity contribution is 0.0682. The van der Waals surface area contributed by atoms with Crippen LogP contribution in [0.25, 0.3) is 10.6 Å². The summed E-state index contributed by atoms with van der Waals surface area (Å²) in [5, 5.41) is 2.61. The smallest absolute Gasteiger partial charge is 0.273 e. The highest BCUT2D eigenvalue weighted by Crippen LogP contribution is 2.39. The summed E-state index contributed by atoms with van der Waals surface area (Å²) in [7, 11) is 3.23. The van der Waals surface area contributed by atoms with Crippen LogP contribution in [0, 0.1) is 12.8 Å². The second kappa shape index (κ2) is 10.2. The summed E-state index contributed by atoms with van der Waals surface area (Å²) in [6.07, 6.45) is 4.40. The van der Waals surface area contributed by atoms with Crippen molar-refractivity contribution in [1.82, 2.24) is 9.88 Å². The second-order valence-corrected chi connectivity index (χ2v) is 9.20. The van der Waals surface area contributed by atoms with E-state index in [9.17, 15) is 4.79 Å². The molecule has 1 aliphatic heterocycles. The third kappa shape index (κ3) is 4.96. The number of amides is 1. The summed E-state index contributed by atoms with van der Waals surface area (Å²) < 4.78 is 10.9. The van der Waals surface area contributed by atoms with Gasteiger partial charge in [-0.3, -0.25) is 4.79 Å². The quantitative estimate of drug-likeness (QED) is 0.469. The number of aromatic nitrogens is 1. The summed E-state index contributed by atoms with van der Waals surface area (Å²) in [6.45, 7) is 3.72. The number of piperidine rings is 1. The molecule has 0 spiro atoms. The number of likely N-dealkylation sites (tertiary alicyclic amines) is 1. The lowest BCUT2D eigenvalue weighted by atomic mass is 9.90. The number of ether oxygens (including phenoxy) is 2. The monoisotopic (exact) mass is 450 g/mol. The predicted molar refractivity (Wildman–Crippen MR) is 129 cm³/mol. The molecule has 3 aromatic rings. The summed E-state index contributed by atoms with van der Waals surface area (Å²) >= 11 is 1.46. The molecule has 1 saturated heterocycles. The molecule has 0 aliphatic carbocycles. The Balaban J connectivity index is 1.35. The molecule has 1 aliphatic rings. The lowest BCUT2D eigenvalue weighted by Gasteiger charge is -2.31. The van der Waals surface area contributed by atoms with Gasteiger partial charge in [-0.25, -0.2) is 4.98 Å². The molecule has 0 N–H and O–H groups in total. The highest BCUT2D eigenvalue weighted by molar-refractivity contribution is 7.13. The molecule has 0 unspecified atom stereocenters. The molecule has 2 heterocycles. The molecule has 168 valence electrons. The third-order valence-electron chi connectivity index (χ3n) is 6.22. The maximum atomic E-state index is 13.1. The highest BCUT2D eigenvalue weighted by Gasteiger charge is 2.25. The molecule has 0 saturated carbocycles. The summed E-state index contributed by atoms with van der Waals surface area (Å²) in [5.41, 5.74) is 4.05. The Hall–Kier alpha value is -2.86. The average Bonchev–Trinajstić information content (AvgIpc) is 3.33. The SMILES string of the molecule is COc1cccc(-c2nc(C(=O)N3CCC(CCc4ccc(C)cc4)CC3)cs2)c1OC. The first kappa shape index (κ1) is 22.3. The van der Waals surface area contributed by atoms with Crippen molar-refractivity contribution in [2.24, 2.45) is 5.92 Å². The molecule has 4 rings (SSSR count). The molecule has 0 radical (unpaired) electrons. The fourth-order valence-corrected chi connectivity index (χ4v) is 5.08. The normalized spacial score (nSPS) is 14.4. The van der Waals surface area contributed by atoms with Crippen LogP contribution in [-0.4, -0.2) is 43.1 Å². The number of hydrogen-bond donors (Lipinski definition) is 0. The van der Waals surface area contributed by atoms with Crippen LogP contribution < -0.4 is 9.47 Å². The van der Waals surface area contributed by atoms with E-state index in [1.165, 1.54) is 28.9 Å².